The van der Waals surface area contributed by atoms with Crippen molar-refractivity contribution in [2.75, 3.05) is 0 Å². The highest BCUT2D eigenvalue weighted by Gasteiger charge is 2.10. The first-order valence-corrected chi connectivity index (χ1v) is 7.88. The number of hydrogen-bond donors (Lipinski definition) is 0. The fraction of sp³-hybridized carbons (Fsp3) is 0.118. The largest absolute Gasteiger partial charge is 0.487 e. The van der Waals surface area contributed by atoms with Crippen molar-refractivity contribution in [3.05, 3.63) is 73.0 Å². The summed E-state index contributed by atoms with van der Waals surface area (Å²) in [4.78, 5) is 11.5. The summed E-state index contributed by atoms with van der Waals surface area (Å²) >= 11 is 18.2. The van der Waals surface area contributed by atoms with Crippen molar-refractivity contribution >= 4 is 45.8 Å². The van der Waals surface area contributed by atoms with Gasteiger partial charge in [-0.2, -0.15) is 0 Å². The average molecular weight is 370 g/mol. The Balaban J connectivity index is 1.93. The van der Waals surface area contributed by atoms with Gasteiger partial charge in [-0.25, -0.2) is 4.79 Å². The Morgan fingerprint density at radius 2 is 1.83 bits per heavy atom. The fourth-order valence-electron chi connectivity index (χ4n) is 2.22. The minimum absolute atomic E-state index is 0.220. The highest BCUT2D eigenvalue weighted by Crippen LogP contribution is 2.32. The Morgan fingerprint density at radius 3 is 2.57 bits per heavy atom. The zero-order valence-electron chi connectivity index (χ0n) is 12.0. The number of halogens is 3. The van der Waals surface area contributed by atoms with Gasteiger partial charge in [-0.05, 0) is 30.7 Å². The van der Waals surface area contributed by atoms with Crippen LogP contribution in [0.1, 0.15) is 11.1 Å². The van der Waals surface area contributed by atoms with Gasteiger partial charge in [0, 0.05) is 33.1 Å². The molecule has 3 rings (SSSR count). The molecule has 0 saturated carbocycles. The zero-order chi connectivity index (χ0) is 16.6. The van der Waals surface area contributed by atoms with Crippen molar-refractivity contribution in [3.63, 3.8) is 0 Å². The maximum atomic E-state index is 11.5. The molecule has 0 unspecified atom stereocenters. The molecule has 0 fully saturated rings. The van der Waals surface area contributed by atoms with Gasteiger partial charge in [-0.15, -0.1) is 0 Å². The molecule has 1 heterocycles. The third-order valence-electron chi connectivity index (χ3n) is 3.40. The molecule has 2 aromatic carbocycles. The summed E-state index contributed by atoms with van der Waals surface area (Å²) in [5.74, 6) is 0.416. The third kappa shape index (κ3) is 3.47. The first-order chi connectivity index (χ1) is 10.9. The van der Waals surface area contributed by atoms with Crippen LogP contribution in [0.2, 0.25) is 15.1 Å². The van der Waals surface area contributed by atoms with Crippen molar-refractivity contribution in [3.8, 4) is 5.75 Å². The molecule has 3 nitrogen and oxygen atoms in total. The monoisotopic (exact) mass is 368 g/mol. The molecular formula is C17H11Cl3O3. The van der Waals surface area contributed by atoms with E-state index in [1.807, 2.05) is 6.92 Å². The molecule has 0 spiro atoms. The molecule has 0 amide bonds. The van der Waals surface area contributed by atoms with E-state index in [9.17, 15) is 4.79 Å². The summed E-state index contributed by atoms with van der Waals surface area (Å²) in [7, 11) is 0. The summed E-state index contributed by atoms with van der Waals surface area (Å²) in [6.07, 6.45) is 0. The predicted molar refractivity (Wildman–Crippen MR) is 93.0 cm³/mol. The van der Waals surface area contributed by atoms with E-state index in [-0.39, 0.29) is 6.61 Å². The second-order valence-corrected chi connectivity index (χ2v) is 6.30. The average Bonchev–Trinajstić information content (AvgIpc) is 2.47. The van der Waals surface area contributed by atoms with Gasteiger partial charge in [-0.1, -0.05) is 40.9 Å². The number of ether oxygens (including phenoxy) is 1. The van der Waals surface area contributed by atoms with E-state index < -0.39 is 5.63 Å². The standard InChI is InChI=1S/C17H11Cl3O3/c1-9-4-17(21)23-15-7-16(14(20)6-12(9)15)22-8-10-2-3-11(18)5-13(10)19/h2-7H,8H2,1H3. The van der Waals surface area contributed by atoms with Gasteiger partial charge in [0.15, 0.2) is 0 Å². The lowest BCUT2D eigenvalue weighted by molar-refractivity contribution is 0.306. The van der Waals surface area contributed by atoms with Gasteiger partial charge in [0.1, 0.15) is 17.9 Å². The molecule has 23 heavy (non-hydrogen) atoms. The molecular weight excluding hydrogens is 359 g/mol. The Kier molecular flexibility index (Phi) is 4.53. The molecule has 0 aliphatic rings. The van der Waals surface area contributed by atoms with Crippen molar-refractivity contribution < 1.29 is 9.15 Å². The summed E-state index contributed by atoms with van der Waals surface area (Å²) in [6.45, 7) is 2.04. The van der Waals surface area contributed by atoms with Gasteiger partial charge in [-0.3, -0.25) is 0 Å². The van der Waals surface area contributed by atoms with Crippen molar-refractivity contribution in [2.24, 2.45) is 0 Å². The third-order valence-corrected chi connectivity index (χ3v) is 4.28. The van der Waals surface area contributed by atoms with Gasteiger partial charge in [0.2, 0.25) is 0 Å². The van der Waals surface area contributed by atoms with E-state index in [4.69, 9.17) is 44.0 Å². The quantitative estimate of drug-likeness (QED) is 0.561. The highest BCUT2D eigenvalue weighted by molar-refractivity contribution is 6.35. The Hall–Kier alpha value is -1.68. The normalized spacial score (nSPS) is 11.0. The van der Waals surface area contributed by atoms with Crippen molar-refractivity contribution in [1.82, 2.24) is 0 Å². The van der Waals surface area contributed by atoms with E-state index in [2.05, 4.69) is 0 Å². The molecule has 0 bridgehead atoms. The van der Waals surface area contributed by atoms with Crippen LogP contribution in [0.3, 0.4) is 0 Å². The molecule has 6 heteroatoms. The molecule has 0 radical (unpaired) electrons. The maximum Gasteiger partial charge on any atom is 0.336 e. The Bertz CT molecular complexity index is 948. The van der Waals surface area contributed by atoms with Crippen LogP contribution in [0, 0.1) is 6.92 Å². The first-order valence-electron chi connectivity index (χ1n) is 6.75. The lowest BCUT2D eigenvalue weighted by Gasteiger charge is -2.11. The lowest BCUT2D eigenvalue weighted by Crippen LogP contribution is -2.00. The van der Waals surface area contributed by atoms with Crippen LogP contribution in [-0.2, 0) is 6.61 Å². The van der Waals surface area contributed by atoms with E-state index in [1.54, 1.807) is 30.3 Å². The molecule has 118 valence electrons. The van der Waals surface area contributed by atoms with E-state index in [0.29, 0.717) is 26.4 Å². The number of fused-ring (bicyclic) bond motifs is 1. The van der Waals surface area contributed by atoms with Crippen LogP contribution in [0.4, 0.5) is 0 Å². The van der Waals surface area contributed by atoms with E-state index >= 15 is 0 Å². The van der Waals surface area contributed by atoms with Crippen molar-refractivity contribution in [1.29, 1.82) is 0 Å². The number of rotatable bonds is 3. The number of benzene rings is 2. The minimum Gasteiger partial charge on any atom is -0.487 e. The topological polar surface area (TPSA) is 39.4 Å². The van der Waals surface area contributed by atoms with Crippen molar-refractivity contribution in [2.45, 2.75) is 13.5 Å². The second-order valence-electron chi connectivity index (χ2n) is 5.05. The van der Waals surface area contributed by atoms with Crippen LogP contribution in [0.5, 0.6) is 5.75 Å². The van der Waals surface area contributed by atoms with E-state index in [1.165, 1.54) is 6.07 Å². The highest BCUT2D eigenvalue weighted by atomic mass is 35.5. The van der Waals surface area contributed by atoms with Crippen LogP contribution >= 0.6 is 34.8 Å². The first kappa shape index (κ1) is 16.2. The zero-order valence-corrected chi connectivity index (χ0v) is 14.3. The summed E-state index contributed by atoms with van der Waals surface area (Å²) in [5.41, 5.74) is 1.59. The van der Waals surface area contributed by atoms with E-state index in [0.717, 1.165) is 16.5 Å². The number of hydrogen-bond acceptors (Lipinski definition) is 3. The smallest absolute Gasteiger partial charge is 0.336 e. The molecule has 3 aromatic rings. The van der Waals surface area contributed by atoms with Gasteiger partial charge in [0.25, 0.3) is 0 Å². The molecule has 0 aliphatic heterocycles. The van der Waals surface area contributed by atoms with Crippen LogP contribution in [0.25, 0.3) is 11.0 Å². The van der Waals surface area contributed by atoms with Gasteiger partial charge >= 0.3 is 5.63 Å². The Morgan fingerprint density at radius 1 is 1.04 bits per heavy atom. The molecule has 0 atom stereocenters. The summed E-state index contributed by atoms with van der Waals surface area (Å²) < 4.78 is 10.9. The molecule has 0 aliphatic carbocycles. The predicted octanol–water partition coefficient (Wildman–Crippen LogP) is 5.64. The summed E-state index contributed by atoms with van der Waals surface area (Å²) in [5, 5.41) is 2.27. The van der Waals surface area contributed by atoms with Gasteiger partial charge < -0.3 is 9.15 Å². The second kappa shape index (κ2) is 6.44. The molecule has 0 N–H and O–H groups in total. The number of aryl methyl sites for hydroxylation is 1. The van der Waals surface area contributed by atoms with Crippen LogP contribution < -0.4 is 10.4 Å². The molecule has 1 aromatic heterocycles. The maximum absolute atomic E-state index is 11.5. The van der Waals surface area contributed by atoms with Gasteiger partial charge in [0.05, 0.1) is 5.02 Å². The SMILES string of the molecule is Cc1cc(=O)oc2cc(OCc3ccc(Cl)cc3Cl)c(Cl)cc12. The fourth-order valence-corrected chi connectivity index (χ4v) is 2.91. The van der Waals surface area contributed by atoms with Crippen LogP contribution in [-0.4, -0.2) is 0 Å². The van der Waals surface area contributed by atoms with Crippen LogP contribution in [0.15, 0.2) is 45.6 Å². The molecule has 0 saturated heterocycles. The Labute approximate surface area is 147 Å². The lowest BCUT2D eigenvalue weighted by atomic mass is 10.1. The minimum atomic E-state index is -0.413. The summed E-state index contributed by atoms with van der Waals surface area (Å²) in [6, 6.07) is 9.91.